The van der Waals surface area contributed by atoms with Crippen molar-refractivity contribution < 1.29 is 19.2 Å². The molecule has 7 heteroatoms. The number of Topliss-reactive ketones (excluding diaryl/α,β-unsaturated/α-hetero) is 1. The smallest absolute Gasteiger partial charge is 0.284 e. The van der Waals surface area contributed by atoms with Crippen LogP contribution in [0, 0.1) is 0 Å². The zero-order valence-electron chi connectivity index (χ0n) is 15.4. The first kappa shape index (κ1) is 20.8. The molecule has 0 aliphatic heterocycles. The predicted octanol–water partition coefficient (Wildman–Crippen LogP) is 0.517. The lowest BCUT2D eigenvalue weighted by Crippen LogP contribution is -2.49. The van der Waals surface area contributed by atoms with Crippen LogP contribution in [-0.2, 0) is 32.0 Å². The fraction of sp³-hybridized carbons (Fsp3) is 0.238. The molecule has 2 aromatic carbocycles. The summed E-state index contributed by atoms with van der Waals surface area (Å²) in [6.07, 6.45) is 0.271. The standard InChI is InChI=1S/C21H23N3O4/c22-20(27)18(25)11-12-23-21(28)17(13-15-7-3-1-4-8-15)24-19(26)14-16-9-5-2-6-10-16/h1-10,17H,11-14H2,(H2,22,27)(H,23,28)(H,24,26)/t17-/m0/s1. The van der Waals surface area contributed by atoms with Gasteiger partial charge in [-0.1, -0.05) is 60.7 Å². The number of amides is 3. The molecule has 3 amide bonds. The van der Waals surface area contributed by atoms with Crippen molar-refractivity contribution in [2.45, 2.75) is 25.3 Å². The second kappa shape index (κ2) is 10.6. The van der Waals surface area contributed by atoms with Crippen LogP contribution in [-0.4, -0.2) is 36.1 Å². The van der Waals surface area contributed by atoms with Crippen LogP contribution in [0.15, 0.2) is 60.7 Å². The highest BCUT2D eigenvalue weighted by molar-refractivity contribution is 6.35. The SMILES string of the molecule is NC(=O)C(=O)CCNC(=O)[C@H](Cc1ccccc1)NC(=O)Cc1ccccc1. The summed E-state index contributed by atoms with van der Waals surface area (Å²) in [4.78, 5) is 47.0. The second-order valence-corrected chi connectivity index (χ2v) is 6.30. The third kappa shape index (κ3) is 7.03. The van der Waals surface area contributed by atoms with Gasteiger partial charge in [0.1, 0.15) is 6.04 Å². The van der Waals surface area contributed by atoms with E-state index in [4.69, 9.17) is 5.73 Å². The summed E-state index contributed by atoms with van der Waals surface area (Å²) in [7, 11) is 0. The maximum absolute atomic E-state index is 12.5. The van der Waals surface area contributed by atoms with Crippen molar-refractivity contribution in [3.8, 4) is 0 Å². The maximum atomic E-state index is 12.5. The number of primary amides is 1. The topological polar surface area (TPSA) is 118 Å². The quantitative estimate of drug-likeness (QED) is 0.520. The second-order valence-electron chi connectivity index (χ2n) is 6.30. The van der Waals surface area contributed by atoms with E-state index in [2.05, 4.69) is 10.6 Å². The molecule has 0 heterocycles. The summed E-state index contributed by atoms with van der Waals surface area (Å²) in [5.74, 6) is -2.50. The van der Waals surface area contributed by atoms with Gasteiger partial charge in [-0.3, -0.25) is 19.2 Å². The van der Waals surface area contributed by atoms with E-state index >= 15 is 0 Å². The van der Waals surface area contributed by atoms with Gasteiger partial charge in [0.25, 0.3) is 5.91 Å². The van der Waals surface area contributed by atoms with Crippen LogP contribution in [0.5, 0.6) is 0 Å². The minimum Gasteiger partial charge on any atom is -0.363 e. The summed E-state index contributed by atoms with van der Waals surface area (Å²) in [6.45, 7) is -0.0273. The number of nitrogens with two attached hydrogens (primary N) is 1. The zero-order valence-corrected chi connectivity index (χ0v) is 15.4. The number of carbonyl (C=O) groups is 4. The Bertz CT molecular complexity index is 822. The lowest BCUT2D eigenvalue weighted by Gasteiger charge is -2.19. The Morgan fingerprint density at radius 2 is 1.43 bits per heavy atom. The molecule has 0 fully saturated rings. The van der Waals surface area contributed by atoms with E-state index in [9.17, 15) is 19.2 Å². The van der Waals surface area contributed by atoms with Gasteiger partial charge in [0.2, 0.25) is 17.6 Å². The zero-order chi connectivity index (χ0) is 20.4. The molecule has 0 unspecified atom stereocenters. The first-order chi connectivity index (χ1) is 13.5. The van der Waals surface area contributed by atoms with Crippen LogP contribution in [0.4, 0.5) is 0 Å². The summed E-state index contributed by atoms with van der Waals surface area (Å²) in [6, 6.07) is 17.7. The molecule has 1 atom stereocenters. The summed E-state index contributed by atoms with van der Waals surface area (Å²) in [5, 5.41) is 5.32. The molecule has 0 saturated heterocycles. The van der Waals surface area contributed by atoms with Crippen molar-refractivity contribution in [3.63, 3.8) is 0 Å². The molecular formula is C21H23N3O4. The number of ketones is 1. The number of carbonyl (C=O) groups excluding carboxylic acids is 4. The van der Waals surface area contributed by atoms with E-state index in [0.29, 0.717) is 6.42 Å². The van der Waals surface area contributed by atoms with Gasteiger partial charge in [-0.15, -0.1) is 0 Å². The normalized spacial score (nSPS) is 11.3. The van der Waals surface area contributed by atoms with Crippen LogP contribution in [0.1, 0.15) is 17.5 Å². The molecule has 28 heavy (non-hydrogen) atoms. The molecule has 0 aliphatic carbocycles. The Morgan fingerprint density at radius 3 is 2.00 bits per heavy atom. The molecule has 0 spiro atoms. The molecule has 4 N–H and O–H groups in total. The van der Waals surface area contributed by atoms with Gasteiger partial charge >= 0.3 is 0 Å². The van der Waals surface area contributed by atoms with E-state index < -0.39 is 23.6 Å². The number of hydrogen-bond acceptors (Lipinski definition) is 4. The predicted molar refractivity (Wildman–Crippen MR) is 104 cm³/mol. The van der Waals surface area contributed by atoms with Crippen LogP contribution >= 0.6 is 0 Å². The van der Waals surface area contributed by atoms with Crippen molar-refractivity contribution in [3.05, 3.63) is 71.8 Å². The first-order valence-electron chi connectivity index (χ1n) is 8.93. The Hall–Kier alpha value is -3.48. The van der Waals surface area contributed by atoms with Crippen molar-refractivity contribution >= 4 is 23.5 Å². The van der Waals surface area contributed by atoms with Crippen molar-refractivity contribution in [1.29, 1.82) is 0 Å². The molecule has 146 valence electrons. The van der Waals surface area contributed by atoms with Crippen LogP contribution in [0.2, 0.25) is 0 Å². The molecule has 2 rings (SSSR count). The van der Waals surface area contributed by atoms with Gasteiger partial charge in [0, 0.05) is 19.4 Å². The van der Waals surface area contributed by atoms with E-state index in [0.717, 1.165) is 11.1 Å². The Balaban J connectivity index is 1.99. The van der Waals surface area contributed by atoms with Gasteiger partial charge in [0.05, 0.1) is 6.42 Å². The molecule has 0 aromatic heterocycles. The average Bonchev–Trinajstić information content (AvgIpc) is 2.68. The highest BCUT2D eigenvalue weighted by Crippen LogP contribution is 2.05. The average molecular weight is 381 g/mol. The number of nitrogens with one attached hydrogen (secondary N) is 2. The van der Waals surface area contributed by atoms with Crippen molar-refractivity contribution in [2.24, 2.45) is 5.73 Å². The molecule has 0 saturated carbocycles. The largest absolute Gasteiger partial charge is 0.363 e. The van der Waals surface area contributed by atoms with Gasteiger partial charge in [-0.2, -0.15) is 0 Å². The highest BCUT2D eigenvalue weighted by Gasteiger charge is 2.21. The Kier molecular flexibility index (Phi) is 7.90. The van der Waals surface area contributed by atoms with Crippen molar-refractivity contribution in [2.75, 3.05) is 6.54 Å². The third-order valence-electron chi connectivity index (χ3n) is 4.07. The van der Waals surface area contributed by atoms with Crippen molar-refractivity contribution in [1.82, 2.24) is 10.6 Å². The van der Waals surface area contributed by atoms with Gasteiger partial charge in [0.15, 0.2) is 0 Å². The maximum Gasteiger partial charge on any atom is 0.284 e. The lowest BCUT2D eigenvalue weighted by atomic mass is 10.0. The van der Waals surface area contributed by atoms with Crippen LogP contribution in [0.25, 0.3) is 0 Å². The van der Waals surface area contributed by atoms with E-state index in [1.54, 1.807) is 0 Å². The molecule has 2 aromatic rings. The van der Waals surface area contributed by atoms with Crippen LogP contribution < -0.4 is 16.4 Å². The molecule has 0 bridgehead atoms. The molecule has 0 radical (unpaired) electrons. The van der Waals surface area contributed by atoms with Gasteiger partial charge in [-0.05, 0) is 11.1 Å². The minimum absolute atomic E-state index is 0.0273. The third-order valence-corrected chi connectivity index (χ3v) is 4.07. The van der Waals surface area contributed by atoms with Crippen LogP contribution in [0.3, 0.4) is 0 Å². The summed E-state index contributed by atoms with van der Waals surface area (Å²) in [5.41, 5.74) is 6.62. The fourth-order valence-electron chi connectivity index (χ4n) is 2.63. The molecular weight excluding hydrogens is 358 g/mol. The number of rotatable bonds is 10. The highest BCUT2D eigenvalue weighted by atomic mass is 16.2. The molecule has 0 aliphatic rings. The summed E-state index contributed by atoms with van der Waals surface area (Å²) >= 11 is 0. The Morgan fingerprint density at radius 1 is 0.857 bits per heavy atom. The minimum atomic E-state index is -1.04. The van der Waals surface area contributed by atoms with E-state index in [1.165, 1.54) is 0 Å². The Labute approximate surface area is 163 Å². The number of hydrogen-bond donors (Lipinski definition) is 3. The van der Waals surface area contributed by atoms with E-state index in [-0.39, 0.29) is 25.3 Å². The lowest BCUT2D eigenvalue weighted by molar-refractivity contribution is -0.136. The first-order valence-corrected chi connectivity index (χ1v) is 8.93. The van der Waals surface area contributed by atoms with Gasteiger partial charge < -0.3 is 16.4 Å². The monoisotopic (exact) mass is 381 g/mol. The van der Waals surface area contributed by atoms with E-state index in [1.807, 2.05) is 60.7 Å². The number of benzene rings is 2. The van der Waals surface area contributed by atoms with Gasteiger partial charge in [-0.25, -0.2) is 0 Å². The fourth-order valence-corrected chi connectivity index (χ4v) is 2.63. The summed E-state index contributed by atoms with van der Waals surface area (Å²) < 4.78 is 0. The molecule has 7 nitrogen and oxygen atoms in total.